The Morgan fingerprint density at radius 1 is 0.962 bits per heavy atom. The van der Waals surface area contributed by atoms with Gasteiger partial charge in [0.25, 0.3) is 5.91 Å². The number of anilines is 1. The van der Waals surface area contributed by atoms with E-state index in [9.17, 15) is 22.0 Å². The molecule has 138 valence electrons. The molecule has 1 aliphatic rings. The Morgan fingerprint density at radius 2 is 1.62 bits per heavy atom. The average molecular weight is 380 g/mol. The predicted molar refractivity (Wildman–Crippen MR) is 93.3 cm³/mol. The number of amides is 1. The molecule has 0 aliphatic heterocycles. The molecule has 2 N–H and O–H groups in total. The molecule has 2 aromatic carbocycles. The van der Waals surface area contributed by atoms with E-state index >= 15 is 0 Å². The van der Waals surface area contributed by atoms with Gasteiger partial charge in [0.15, 0.2) is 11.6 Å². The van der Waals surface area contributed by atoms with Crippen molar-refractivity contribution < 1.29 is 22.0 Å². The summed E-state index contributed by atoms with van der Waals surface area (Å²) in [4.78, 5) is 12.2. The number of carbonyl (C=O) groups excluding carboxylic acids is 1. The minimum absolute atomic E-state index is 0.0450. The van der Waals surface area contributed by atoms with Crippen LogP contribution in [0.2, 0.25) is 0 Å². The van der Waals surface area contributed by atoms with Gasteiger partial charge in [0.1, 0.15) is 0 Å². The topological polar surface area (TPSA) is 75.3 Å². The first-order valence-electron chi connectivity index (χ1n) is 8.24. The van der Waals surface area contributed by atoms with Crippen molar-refractivity contribution in [3.8, 4) is 0 Å². The number of carbonyl (C=O) groups is 1. The van der Waals surface area contributed by atoms with E-state index in [2.05, 4.69) is 10.0 Å². The molecule has 0 spiro atoms. The Kier molecular flexibility index (Phi) is 5.33. The lowest BCUT2D eigenvalue weighted by Gasteiger charge is -2.13. The van der Waals surface area contributed by atoms with Crippen molar-refractivity contribution in [2.24, 2.45) is 0 Å². The normalized spacial score (nSPS) is 15.2. The second-order valence-electron chi connectivity index (χ2n) is 6.21. The quantitative estimate of drug-likeness (QED) is 0.834. The van der Waals surface area contributed by atoms with Crippen LogP contribution in [0.1, 0.15) is 36.0 Å². The van der Waals surface area contributed by atoms with E-state index in [0.717, 1.165) is 37.8 Å². The van der Waals surface area contributed by atoms with E-state index in [1.54, 1.807) is 0 Å². The molecule has 1 amide bonds. The average Bonchev–Trinajstić information content (AvgIpc) is 3.10. The molecule has 0 aromatic heterocycles. The van der Waals surface area contributed by atoms with Gasteiger partial charge in [0, 0.05) is 23.4 Å². The third kappa shape index (κ3) is 4.25. The van der Waals surface area contributed by atoms with Crippen LogP contribution in [0.5, 0.6) is 0 Å². The lowest BCUT2D eigenvalue weighted by molar-refractivity contribution is 0.102. The fraction of sp³-hybridized carbons (Fsp3) is 0.278. The zero-order valence-corrected chi connectivity index (χ0v) is 14.7. The molecule has 2 aromatic rings. The summed E-state index contributed by atoms with van der Waals surface area (Å²) < 4.78 is 53.4. The van der Waals surface area contributed by atoms with Crippen LogP contribution in [0.15, 0.2) is 47.4 Å². The second kappa shape index (κ2) is 7.51. The molecular weight excluding hydrogens is 362 g/mol. The van der Waals surface area contributed by atoms with E-state index in [4.69, 9.17) is 0 Å². The molecular formula is C18H18F2N2O3S. The second-order valence-corrected chi connectivity index (χ2v) is 7.92. The third-order valence-electron chi connectivity index (χ3n) is 4.28. The zero-order chi connectivity index (χ0) is 18.7. The third-order valence-corrected chi connectivity index (χ3v) is 5.82. The first-order chi connectivity index (χ1) is 12.3. The summed E-state index contributed by atoms with van der Waals surface area (Å²) >= 11 is 0. The minimum Gasteiger partial charge on any atom is -0.322 e. The van der Waals surface area contributed by atoms with Gasteiger partial charge in [0.05, 0.1) is 4.90 Å². The van der Waals surface area contributed by atoms with Crippen molar-refractivity contribution in [3.05, 3.63) is 59.7 Å². The fourth-order valence-electron chi connectivity index (χ4n) is 2.89. The van der Waals surface area contributed by atoms with Gasteiger partial charge >= 0.3 is 0 Å². The molecule has 8 heteroatoms. The highest BCUT2D eigenvalue weighted by atomic mass is 32.2. The monoisotopic (exact) mass is 380 g/mol. The lowest BCUT2D eigenvalue weighted by atomic mass is 10.2. The Morgan fingerprint density at radius 3 is 2.23 bits per heavy atom. The summed E-state index contributed by atoms with van der Waals surface area (Å²) in [7, 11) is -3.63. The van der Waals surface area contributed by atoms with Crippen LogP contribution >= 0.6 is 0 Å². The van der Waals surface area contributed by atoms with Gasteiger partial charge in [-0.1, -0.05) is 12.8 Å². The highest BCUT2D eigenvalue weighted by Gasteiger charge is 2.23. The maximum absolute atomic E-state index is 13.2. The number of benzene rings is 2. The summed E-state index contributed by atoms with van der Waals surface area (Å²) in [5, 5.41) is 2.43. The summed E-state index contributed by atoms with van der Waals surface area (Å²) in [6.45, 7) is 0. The Balaban J connectivity index is 1.70. The zero-order valence-electron chi connectivity index (χ0n) is 13.8. The Labute approximate surface area is 150 Å². The Bertz CT molecular complexity index is 909. The smallest absolute Gasteiger partial charge is 0.255 e. The summed E-state index contributed by atoms with van der Waals surface area (Å²) in [6, 6.07) is 8.41. The largest absolute Gasteiger partial charge is 0.322 e. The molecule has 1 saturated carbocycles. The van der Waals surface area contributed by atoms with E-state index in [0.29, 0.717) is 0 Å². The van der Waals surface area contributed by atoms with Gasteiger partial charge < -0.3 is 5.32 Å². The van der Waals surface area contributed by atoms with Crippen LogP contribution in [0.3, 0.4) is 0 Å². The maximum atomic E-state index is 13.2. The molecule has 26 heavy (non-hydrogen) atoms. The van der Waals surface area contributed by atoms with Crippen molar-refractivity contribution >= 4 is 21.6 Å². The SMILES string of the molecule is O=C(Nc1ccc(F)c(F)c1)c1ccc(S(=O)(=O)NC2CCCC2)cc1. The number of rotatable bonds is 5. The van der Waals surface area contributed by atoms with Gasteiger partial charge in [-0.3, -0.25) is 4.79 Å². The van der Waals surface area contributed by atoms with Crippen molar-refractivity contribution in [3.63, 3.8) is 0 Å². The number of hydrogen-bond donors (Lipinski definition) is 2. The van der Waals surface area contributed by atoms with Gasteiger partial charge in [-0.2, -0.15) is 0 Å². The predicted octanol–water partition coefficient (Wildman–Crippen LogP) is 3.44. The van der Waals surface area contributed by atoms with Gasteiger partial charge in [-0.25, -0.2) is 21.9 Å². The number of sulfonamides is 1. The summed E-state index contributed by atoms with van der Waals surface area (Å²) in [5.41, 5.74) is 0.308. The number of hydrogen-bond acceptors (Lipinski definition) is 3. The van der Waals surface area contributed by atoms with E-state index in [1.165, 1.54) is 30.3 Å². The standard InChI is InChI=1S/C18H18F2N2O3S/c19-16-10-7-14(11-17(16)20)21-18(23)12-5-8-15(9-6-12)26(24,25)22-13-3-1-2-4-13/h5-11,13,22H,1-4H2,(H,21,23). The van der Waals surface area contributed by atoms with Crippen molar-refractivity contribution in [2.75, 3.05) is 5.32 Å². The lowest BCUT2D eigenvalue weighted by Crippen LogP contribution is -2.32. The molecule has 0 heterocycles. The van der Waals surface area contributed by atoms with Gasteiger partial charge in [-0.15, -0.1) is 0 Å². The molecule has 3 rings (SSSR count). The Hall–Kier alpha value is -2.32. The first-order valence-corrected chi connectivity index (χ1v) is 9.72. The molecule has 0 radical (unpaired) electrons. The van der Waals surface area contributed by atoms with Crippen molar-refractivity contribution in [1.29, 1.82) is 0 Å². The van der Waals surface area contributed by atoms with Crippen molar-refractivity contribution in [2.45, 2.75) is 36.6 Å². The first kappa shape index (κ1) is 18.5. The van der Waals surface area contributed by atoms with Crippen LogP contribution < -0.4 is 10.0 Å². The van der Waals surface area contributed by atoms with Gasteiger partial charge in [0.2, 0.25) is 10.0 Å². The molecule has 0 bridgehead atoms. The van der Waals surface area contributed by atoms with Crippen LogP contribution in [-0.2, 0) is 10.0 Å². The van der Waals surface area contributed by atoms with Crippen LogP contribution in [0.4, 0.5) is 14.5 Å². The van der Waals surface area contributed by atoms with Crippen molar-refractivity contribution in [1.82, 2.24) is 4.72 Å². The highest BCUT2D eigenvalue weighted by Crippen LogP contribution is 2.21. The summed E-state index contributed by atoms with van der Waals surface area (Å²) in [6.07, 6.45) is 3.68. The van der Waals surface area contributed by atoms with E-state index < -0.39 is 27.6 Å². The fourth-order valence-corrected chi connectivity index (χ4v) is 4.20. The van der Waals surface area contributed by atoms with Crippen LogP contribution in [0, 0.1) is 11.6 Å². The minimum atomic E-state index is -3.63. The molecule has 5 nitrogen and oxygen atoms in total. The van der Waals surface area contributed by atoms with Crippen LogP contribution in [0.25, 0.3) is 0 Å². The molecule has 1 aliphatic carbocycles. The van der Waals surface area contributed by atoms with E-state index in [1.807, 2.05) is 0 Å². The number of halogens is 2. The van der Waals surface area contributed by atoms with E-state index in [-0.39, 0.29) is 22.2 Å². The maximum Gasteiger partial charge on any atom is 0.255 e. The van der Waals surface area contributed by atoms with Crippen LogP contribution in [-0.4, -0.2) is 20.4 Å². The highest BCUT2D eigenvalue weighted by molar-refractivity contribution is 7.89. The van der Waals surface area contributed by atoms with Gasteiger partial charge in [-0.05, 0) is 49.2 Å². The molecule has 0 unspecified atom stereocenters. The molecule has 0 saturated heterocycles. The molecule has 1 fully saturated rings. The molecule has 0 atom stereocenters. The number of nitrogens with one attached hydrogen (secondary N) is 2. The summed E-state index contributed by atoms with van der Waals surface area (Å²) in [5.74, 6) is -2.63.